The highest BCUT2D eigenvalue weighted by Crippen LogP contribution is 2.20. The normalized spacial score (nSPS) is 10.7. The van der Waals surface area contributed by atoms with Crippen LogP contribution < -0.4 is 5.32 Å². The van der Waals surface area contributed by atoms with E-state index in [0.717, 1.165) is 11.8 Å². The van der Waals surface area contributed by atoms with Crippen molar-refractivity contribution in [1.29, 1.82) is 0 Å². The summed E-state index contributed by atoms with van der Waals surface area (Å²) < 4.78 is 44.4. The van der Waals surface area contributed by atoms with Gasteiger partial charge in [0.05, 0.1) is 17.9 Å². The van der Waals surface area contributed by atoms with E-state index in [4.69, 9.17) is 4.42 Å². The van der Waals surface area contributed by atoms with E-state index in [0.29, 0.717) is 17.7 Å². The molecule has 0 fully saturated rings. The number of benzene rings is 1. The highest BCUT2D eigenvalue weighted by Gasteiger charge is 2.12. The van der Waals surface area contributed by atoms with Crippen molar-refractivity contribution in [1.82, 2.24) is 4.98 Å². The van der Waals surface area contributed by atoms with Crippen molar-refractivity contribution in [2.75, 3.05) is 5.32 Å². The largest absolute Gasteiger partial charge is 0.444 e. The maximum Gasteiger partial charge on any atom is 0.213 e. The van der Waals surface area contributed by atoms with Crippen molar-refractivity contribution < 1.29 is 17.6 Å². The van der Waals surface area contributed by atoms with Crippen LogP contribution in [0.25, 0.3) is 0 Å². The van der Waals surface area contributed by atoms with Crippen LogP contribution >= 0.6 is 0 Å². The molecule has 0 amide bonds. The van der Waals surface area contributed by atoms with Crippen molar-refractivity contribution in [3.05, 3.63) is 46.9 Å². The van der Waals surface area contributed by atoms with Gasteiger partial charge in [0, 0.05) is 12.1 Å². The van der Waals surface area contributed by atoms with Gasteiger partial charge in [-0.3, -0.25) is 0 Å². The topological polar surface area (TPSA) is 38.1 Å². The van der Waals surface area contributed by atoms with Gasteiger partial charge in [-0.05, 0) is 13.8 Å². The van der Waals surface area contributed by atoms with E-state index in [-0.39, 0.29) is 12.2 Å². The Bertz CT molecular complexity index is 561. The van der Waals surface area contributed by atoms with Crippen LogP contribution in [-0.2, 0) is 6.54 Å². The number of oxazole rings is 1. The second-order valence-corrected chi connectivity index (χ2v) is 3.85. The van der Waals surface area contributed by atoms with Crippen molar-refractivity contribution in [2.45, 2.75) is 20.4 Å². The van der Waals surface area contributed by atoms with Crippen molar-refractivity contribution in [3.8, 4) is 0 Å². The molecule has 96 valence electrons. The molecule has 0 aliphatic heterocycles. The summed E-state index contributed by atoms with van der Waals surface area (Å²) in [5.74, 6) is -2.24. The number of nitrogens with one attached hydrogen (secondary N) is 1. The van der Waals surface area contributed by atoms with Gasteiger partial charge in [0.1, 0.15) is 11.6 Å². The Kier molecular flexibility index (Phi) is 3.27. The van der Waals surface area contributed by atoms with Crippen LogP contribution in [0.3, 0.4) is 0 Å². The molecule has 0 bridgehead atoms. The maximum absolute atomic E-state index is 13.3. The molecule has 0 radical (unpaired) electrons. The molecule has 18 heavy (non-hydrogen) atoms. The third kappa shape index (κ3) is 2.47. The first-order valence-corrected chi connectivity index (χ1v) is 5.28. The highest BCUT2D eigenvalue weighted by atomic mass is 19.2. The minimum atomic E-state index is -1.24. The van der Waals surface area contributed by atoms with Crippen LogP contribution in [0.1, 0.15) is 17.3 Å². The molecule has 0 unspecified atom stereocenters. The predicted molar refractivity (Wildman–Crippen MR) is 59.6 cm³/mol. The van der Waals surface area contributed by atoms with Crippen LogP contribution in [0.15, 0.2) is 16.5 Å². The summed E-state index contributed by atoms with van der Waals surface area (Å²) in [6.07, 6.45) is 0. The Morgan fingerprint density at radius 1 is 1.22 bits per heavy atom. The average Bonchev–Trinajstić information content (AvgIpc) is 2.61. The first-order valence-electron chi connectivity index (χ1n) is 5.28. The zero-order valence-corrected chi connectivity index (χ0v) is 9.85. The molecular weight excluding hydrogens is 245 g/mol. The predicted octanol–water partition coefficient (Wildman–Crippen LogP) is 3.32. The van der Waals surface area contributed by atoms with Crippen molar-refractivity contribution in [3.63, 3.8) is 0 Å². The monoisotopic (exact) mass is 256 g/mol. The Morgan fingerprint density at radius 3 is 2.56 bits per heavy atom. The number of rotatable bonds is 3. The SMILES string of the molecule is Cc1nc(CNc2cc(F)cc(F)c2F)oc1C. The van der Waals surface area contributed by atoms with E-state index < -0.39 is 17.5 Å². The second kappa shape index (κ2) is 4.72. The Labute approximate surface area is 102 Å². The molecular formula is C12H11F3N2O. The van der Waals surface area contributed by atoms with Gasteiger partial charge in [-0.15, -0.1) is 0 Å². The van der Waals surface area contributed by atoms with E-state index in [1.54, 1.807) is 13.8 Å². The van der Waals surface area contributed by atoms with Crippen LogP contribution in [-0.4, -0.2) is 4.98 Å². The van der Waals surface area contributed by atoms with Crippen molar-refractivity contribution >= 4 is 5.69 Å². The molecule has 1 N–H and O–H groups in total. The second-order valence-electron chi connectivity index (χ2n) is 3.85. The minimum absolute atomic E-state index is 0.0501. The van der Waals surface area contributed by atoms with E-state index in [1.807, 2.05) is 0 Å². The molecule has 1 aromatic heterocycles. The summed E-state index contributed by atoms with van der Waals surface area (Å²) in [5.41, 5.74) is 0.457. The van der Waals surface area contributed by atoms with E-state index in [2.05, 4.69) is 10.3 Å². The molecule has 2 aromatic rings. The summed E-state index contributed by atoms with van der Waals surface area (Å²) in [6.45, 7) is 3.56. The lowest BCUT2D eigenvalue weighted by Gasteiger charge is -2.06. The summed E-state index contributed by atoms with van der Waals surface area (Å²) >= 11 is 0. The quantitative estimate of drug-likeness (QED) is 0.856. The fourth-order valence-corrected chi connectivity index (χ4v) is 1.47. The molecule has 0 atom stereocenters. The van der Waals surface area contributed by atoms with Gasteiger partial charge in [0.15, 0.2) is 11.6 Å². The average molecular weight is 256 g/mol. The fraction of sp³-hybridized carbons (Fsp3) is 0.250. The lowest BCUT2D eigenvalue weighted by molar-refractivity contribution is 0.475. The Hall–Kier alpha value is -1.98. The van der Waals surface area contributed by atoms with Gasteiger partial charge >= 0.3 is 0 Å². The molecule has 6 heteroatoms. The van der Waals surface area contributed by atoms with Gasteiger partial charge in [0.2, 0.25) is 5.89 Å². The Balaban J connectivity index is 2.15. The van der Waals surface area contributed by atoms with Crippen molar-refractivity contribution in [2.24, 2.45) is 0 Å². The number of hydrogen-bond acceptors (Lipinski definition) is 3. The van der Waals surface area contributed by atoms with Crippen LogP contribution in [0.5, 0.6) is 0 Å². The molecule has 0 saturated carbocycles. The number of aryl methyl sites for hydroxylation is 2. The number of hydrogen-bond donors (Lipinski definition) is 1. The number of nitrogens with zero attached hydrogens (tertiary/aromatic N) is 1. The highest BCUT2D eigenvalue weighted by molar-refractivity contribution is 5.45. The van der Waals surface area contributed by atoms with Gasteiger partial charge in [0.25, 0.3) is 0 Å². The lowest BCUT2D eigenvalue weighted by atomic mass is 10.3. The van der Waals surface area contributed by atoms with E-state index in [1.165, 1.54) is 0 Å². The summed E-state index contributed by atoms with van der Waals surface area (Å²) in [6, 6.07) is 1.36. The first-order chi connectivity index (χ1) is 8.47. The zero-order chi connectivity index (χ0) is 13.3. The molecule has 1 aromatic carbocycles. The molecule has 3 nitrogen and oxygen atoms in total. The van der Waals surface area contributed by atoms with Crippen LogP contribution in [0.4, 0.5) is 18.9 Å². The van der Waals surface area contributed by atoms with Crippen LogP contribution in [0.2, 0.25) is 0 Å². The molecule has 0 saturated heterocycles. The Morgan fingerprint density at radius 2 is 1.94 bits per heavy atom. The standard InChI is InChI=1S/C12H11F3N2O/c1-6-7(2)18-11(17-6)5-16-10-4-8(13)3-9(14)12(10)15/h3-4,16H,5H2,1-2H3. The first kappa shape index (κ1) is 12.5. The van der Waals surface area contributed by atoms with E-state index >= 15 is 0 Å². The smallest absolute Gasteiger partial charge is 0.213 e. The fourth-order valence-electron chi connectivity index (χ4n) is 1.47. The van der Waals surface area contributed by atoms with Gasteiger partial charge in [-0.2, -0.15) is 0 Å². The zero-order valence-electron chi connectivity index (χ0n) is 9.85. The molecule has 0 spiro atoms. The van der Waals surface area contributed by atoms with Gasteiger partial charge in [-0.1, -0.05) is 0 Å². The summed E-state index contributed by atoms with van der Waals surface area (Å²) in [5, 5.41) is 2.54. The molecule has 1 heterocycles. The number of anilines is 1. The third-order valence-electron chi connectivity index (χ3n) is 2.50. The maximum atomic E-state index is 13.3. The number of aromatic nitrogens is 1. The lowest BCUT2D eigenvalue weighted by Crippen LogP contribution is -2.04. The van der Waals surface area contributed by atoms with Gasteiger partial charge < -0.3 is 9.73 Å². The van der Waals surface area contributed by atoms with Crippen LogP contribution in [0, 0.1) is 31.3 Å². The number of halogens is 3. The summed E-state index contributed by atoms with van der Waals surface area (Å²) in [4.78, 5) is 4.06. The van der Waals surface area contributed by atoms with Gasteiger partial charge in [-0.25, -0.2) is 18.2 Å². The summed E-state index contributed by atoms with van der Waals surface area (Å²) in [7, 11) is 0. The molecule has 0 aliphatic rings. The minimum Gasteiger partial charge on any atom is -0.444 e. The third-order valence-corrected chi connectivity index (χ3v) is 2.50. The molecule has 2 rings (SSSR count). The molecule has 0 aliphatic carbocycles. The van der Waals surface area contributed by atoms with E-state index in [9.17, 15) is 13.2 Å².